The Hall–Kier alpha value is -1.33. The Balaban J connectivity index is 2.29. The summed E-state index contributed by atoms with van der Waals surface area (Å²) < 4.78 is 0. The number of nitriles is 1. The monoisotopic (exact) mass is 200 g/mol. The molecule has 0 spiro atoms. The second-order valence-corrected chi connectivity index (χ2v) is 4.02. The Morgan fingerprint density at radius 2 is 2.20 bits per heavy atom. The van der Waals surface area contributed by atoms with Crippen LogP contribution >= 0.6 is 0 Å². The third-order valence-corrected chi connectivity index (χ3v) is 2.86. The lowest BCUT2D eigenvalue weighted by Crippen LogP contribution is -2.20. The molecule has 78 valence electrons. The predicted octanol–water partition coefficient (Wildman–Crippen LogP) is 2.74. The van der Waals surface area contributed by atoms with Gasteiger partial charge in [-0.1, -0.05) is 31.2 Å². The highest BCUT2D eigenvalue weighted by Crippen LogP contribution is 2.42. The second-order valence-electron chi connectivity index (χ2n) is 4.02. The third kappa shape index (κ3) is 2.19. The van der Waals surface area contributed by atoms with Crippen LogP contribution in [0.25, 0.3) is 0 Å². The average Bonchev–Trinajstić information content (AvgIpc) is 3.10. The van der Waals surface area contributed by atoms with Gasteiger partial charge in [0.15, 0.2) is 0 Å². The molecule has 1 unspecified atom stereocenters. The van der Waals surface area contributed by atoms with Crippen LogP contribution in [0.4, 0.5) is 0 Å². The Kier molecular flexibility index (Phi) is 3.03. The van der Waals surface area contributed by atoms with Crippen LogP contribution in [0.5, 0.6) is 0 Å². The van der Waals surface area contributed by atoms with Crippen molar-refractivity contribution in [3.63, 3.8) is 0 Å². The van der Waals surface area contributed by atoms with E-state index in [0.717, 1.165) is 6.54 Å². The summed E-state index contributed by atoms with van der Waals surface area (Å²) in [6.07, 6.45) is 2.56. The second kappa shape index (κ2) is 4.46. The van der Waals surface area contributed by atoms with Gasteiger partial charge in [-0.25, -0.2) is 0 Å². The zero-order chi connectivity index (χ0) is 10.7. The summed E-state index contributed by atoms with van der Waals surface area (Å²) in [4.78, 5) is 0. The van der Waals surface area contributed by atoms with Crippen molar-refractivity contribution in [3.05, 3.63) is 35.4 Å². The topological polar surface area (TPSA) is 35.8 Å². The van der Waals surface area contributed by atoms with Gasteiger partial charge in [-0.3, -0.25) is 5.32 Å². The zero-order valence-electron chi connectivity index (χ0n) is 9.03. The van der Waals surface area contributed by atoms with Gasteiger partial charge in [0.1, 0.15) is 6.04 Å². The lowest BCUT2D eigenvalue weighted by molar-refractivity contribution is 0.652. The standard InChI is InChI=1S/C13H16N2/c1-2-15-13(9-14)12-6-4-3-5-11(12)10-7-8-10/h3-6,10,13,15H,2,7-8H2,1H3. The average molecular weight is 200 g/mol. The Morgan fingerprint density at radius 3 is 2.80 bits per heavy atom. The van der Waals surface area contributed by atoms with E-state index in [-0.39, 0.29) is 6.04 Å². The van der Waals surface area contributed by atoms with Crippen molar-refractivity contribution in [2.24, 2.45) is 0 Å². The van der Waals surface area contributed by atoms with Crippen molar-refractivity contribution in [1.82, 2.24) is 5.32 Å². The molecule has 2 rings (SSSR count). The lowest BCUT2D eigenvalue weighted by Gasteiger charge is -2.14. The summed E-state index contributed by atoms with van der Waals surface area (Å²) in [5, 5.41) is 12.3. The Labute approximate surface area is 90.9 Å². The summed E-state index contributed by atoms with van der Waals surface area (Å²) in [5.41, 5.74) is 2.54. The molecular formula is C13H16N2. The first-order chi connectivity index (χ1) is 7.36. The van der Waals surface area contributed by atoms with Gasteiger partial charge in [0.25, 0.3) is 0 Å². The zero-order valence-corrected chi connectivity index (χ0v) is 9.03. The minimum atomic E-state index is -0.146. The molecule has 1 fully saturated rings. The van der Waals surface area contributed by atoms with Gasteiger partial charge >= 0.3 is 0 Å². The molecule has 15 heavy (non-hydrogen) atoms. The van der Waals surface area contributed by atoms with Crippen molar-refractivity contribution in [2.75, 3.05) is 6.54 Å². The fraction of sp³-hybridized carbons (Fsp3) is 0.462. The molecule has 0 amide bonds. The minimum Gasteiger partial charge on any atom is -0.298 e. The molecule has 0 radical (unpaired) electrons. The van der Waals surface area contributed by atoms with E-state index < -0.39 is 0 Å². The fourth-order valence-corrected chi connectivity index (χ4v) is 1.97. The molecule has 2 heteroatoms. The van der Waals surface area contributed by atoms with E-state index in [1.165, 1.54) is 24.0 Å². The van der Waals surface area contributed by atoms with Crippen LogP contribution < -0.4 is 5.32 Å². The molecule has 0 heterocycles. The van der Waals surface area contributed by atoms with Crippen LogP contribution in [0.15, 0.2) is 24.3 Å². The third-order valence-electron chi connectivity index (χ3n) is 2.86. The first-order valence-corrected chi connectivity index (χ1v) is 5.58. The molecule has 1 aromatic rings. The number of rotatable bonds is 4. The van der Waals surface area contributed by atoms with Crippen LogP contribution in [0, 0.1) is 11.3 Å². The lowest BCUT2D eigenvalue weighted by atomic mass is 9.98. The predicted molar refractivity (Wildman–Crippen MR) is 60.4 cm³/mol. The Morgan fingerprint density at radius 1 is 1.47 bits per heavy atom. The summed E-state index contributed by atoms with van der Waals surface area (Å²) in [6.45, 7) is 2.86. The van der Waals surface area contributed by atoms with E-state index in [1.807, 2.05) is 13.0 Å². The van der Waals surface area contributed by atoms with Gasteiger partial charge in [0, 0.05) is 0 Å². The number of nitrogens with zero attached hydrogens (tertiary/aromatic N) is 1. The maximum Gasteiger partial charge on any atom is 0.121 e. The molecule has 0 saturated heterocycles. The van der Waals surface area contributed by atoms with E-state index in [2.05, 4.69) is 29.6 Å². The van der Waals surface area contributed by atoms with E-state index in [0.29, 0.717) is 5.92 Å². The van der Waals surface area contributed by atoms with Crippen LogP contribution in [0.2, 0.25) is 0 Å². The van der Waals surface area contributed by atoms with Gasteiger partial charge in [-0.2, -0.15) is 5.26 Å². The van der Waals surface area contributed by atoms with Crippen LogP contribution in [-0.2, 0) is 0 Å². The van der Waals surface area contributed by atoms with Crippen LogP contribution in [0.3, 0.4) is 0 Å². The molecular weight excluding hydrogens is 184 g/mol. The normalized spacial score (nSPS) is 17.1. The molecule has 1 atom stereocenters. The molecule has 0 bridgehead atoms. The largest absolute Gasteiger partial charge is 0.298 e. The first-order valence-electron chi connectivity index (χ1n) is 5.58. The van der Waals surface area contributed by atoms with E-state index in [1.54, 1.807) is 0 Å². The number of nitrogens with one attached hydrogen (secondary N) is 1. The van der Waals surface area contributed by atoms with E-state index in [4.69, 9.17) is 5.26 Å². The van der Waals surface area contributed by atoms with Crippen LogP contribution in [0.1, 0.15) is 42.9 Å². The van der Waals surface area contributed by atoms with Crippen molar-refractivity contribution >= 4 is 0 Å². The maximum atomic E-state index is 9.12. The van der Waals surface area contributed by atoms with Gasteiger partial charge in [-0.05, 0) is 36.4 Å². The van der Waals surface area contributed by atoms with E-state index in [9.17, 15) is 0 Å². The van der Waals surface area contributed by atoms with E-state index >= 15 is 0 Å². The molecule has 1 N–H and O–H groups in total. The first kappa shape index (κ1) is 10.2. The van der Waals surface area contributed by atoms with Gasteiger partial charge < -0.3 is 0 Å². The highest BCUT2D eigenvalue weighted by molar-refractivity contribution is 5.37. The summed E-state index contributed by atoms with van der Waals surface area (Å²) in [6, 6.07) is 10.5. The minimum absolute atomic E-state index is 0.146. The molecule has 1 aliphatic rings. The van der Waals surface area contributed by atoms with Crippen molar-refractivity contribution in [2.45, 2.75) is 31.7 Å². The van der Waals surface area contributed by atoms with Crippen molar-refractivity contribution < 1.29 is 0 Å². The fourth-order valence-electron chi connectivity index (χ4n) is 1.97. The Bertz CT molecular complexity index is 374. The number of hydrogen-bond acceptors (Lipinski definition) is 2. The van der Waals surface area contributed by atoms with Crippen molar-refractivity contribution in [3.8, 4) is 6.07 Å². The van der Waals surface area contributed by atoms with Crippen LogP contribution in [-0.4, -0.2) is 6.54 Å². The molecule has 2 nitrogen and oxygen atoms in total. The highest BCUT2D eigenvalue weighted by atomic mass is 14.9. The molecule has 1 aliphatic carbocycles. The van der Waals surface area contributed by atoms with Gasteiger partial charge in [0.05, 0.1) is 6.07 Å². The van der Waals surface area contributed by atoms with Crippen molar-refractivity contribution in [1.29, 1.82) is 5.26 Å². The smallest absolute Gasteiger partial charge is 0.121 e. The summed E-state index contributed by atoms with van der Waals surface area (Å²) in [7, 11) is 0. The van der Waals surface area contributed by atoms with Gasteiger partial charge in [-0.15, -0.1) is 0 Å². The quantitative estimate of drug-likeness (QED) is 0.811. The summed E-state index contributed by atoms with van der Waals surface area (Å²) >= 11 is 0. The SMILES string of the molecule is CCNC(C#N)c1ccccc1C1CC1. The molecule has 1 aromatic carbocycles. The van der Waals surface area contributed by atoms with Gasteiger partial charge in [0.2, 0.25) is 0 Å². The number of benzene rings is 1. The maximum absolute atomic E-state index is 9.12. The molecule has 0 aliphatic heterocycles. The summed E-state index contributed by atoms with van der Waals surface area (Å²) in [5.74, 6) is 0.704. The molecule has 1 saturated carbocycles. The highest BCUT2D eigenvalue weighted by Gasteiger charge is 2.27. The molecule has 0 aromatic heterocycles. The number of hydrogen-bond donors (Lipinski definition) is 1.